The average Bonchev–Trinajstić information content (AvgIpc) is 2.90. The zero-order valence-electron chi connectivity index (χ0n) is 24.7. The highest BCUT2D eigenvalue weighted by atomic mass is 16.1. The van der Waals surface area contributed by atoms with Crippen LogP contribution in [0.1, 0.15) is 78.0 Å². The van der Waals surface area contributed by atoms with Gasteiger partial charge in [0.2, 0.25) is 0 Å². The van der Waals surface area contributed by atoms with Crippen LogP contribution in [0.3, 0.4) is 0 Å². The van der Waals surface area contributed by atoms with E-state index in [9.17, 15) is 4.79 Å². The van der Waals surface area contributed by atoms with Crippen molar-refractivity contribution in [3.05, 3.63) is 58.8 Å². The van der Waals surface area contributed by atoms with Gasteiger partial charge >= 0.3 is 0 Å². The predicted octanol–water partition coefficient (Wildman–Crippen LogP) is 4.06. The van der Waals surface area contributed by atoms with Gasteiger partial charge in [0, 0.05) is 51.0 Å². The Hall–Kier alpha value is -2.19. The van der Waals surface area contributed by atoms with Crippen molar-refractivity contribution in [2.45, 2.75) is 92.0 Å². The zero-order valence-corrected chi connectivity index (χ0v) is 24.7. The van der Waals surface area contributed by atoms with Crippen molar-refractivity contribution in [3.63, 3.8) is 0 Å². The van der Waals surface area contributed by atoms with Gasteiger partial charge in [0.05, 0.1) is 5.57 Å². The molecule has 2 aliphatic rings. The summed E-state index contributed by atoms with van der Waals surface area (Å²) in [6, 6.07) is 9.57. The van der Waals surface area contributed by atoms with E-state index in [0.29, 0.717) is 17.7 Å². The van der Waals surface area contributed by atoms with Crippen molar-refractivity contribution in [1.82, 2.24) is 20.4 Å². The highest BCUT2D eigenvalue weighted by Gasteiger charge is 2.32. The van der Waals surface area contributed by atoms with Crippen molar-refractivity contribution in [2.24, 2.45) is 11.5 Å². The highest BCUT2D eigenvalue weighted by Crippen LogP contribution is 2.23. The zero-order chi connectivity index (χ0) is 28.0. The summed E-state index contributed by atoms with van der Waals surface area (Å²) in [6.07, 6.45) is 7.51. The lowest BCUT2D eigenvalue weighted by atomic mass is 10.0. The number of nitrogens with two attached hydrogens (primary N) is 2. The highest BCUT2D eigenvalue weighted by molar-refractivity contribution is 5.96. The summed E-state index contributed by atoms with van der Waals surface area (Å²) in [7, 11) is 1.66. The lowest BCUT2D eigenvalue weighted by Gasteiger charge is -2.47. The molecule has 0 aromatic heterocycles. The van der Waals surface area contributed by atoms with Crippen LogP contribution in [0.15, 0.2) is 47.7 Å². The molecule has 2 heterocycles. The summed E-state index contributed by atoms with van der Waals surface area (Å²) in [5.41, 5.74) is 15.9. The largest absolute Gasteiger partial charge is 0.371 e. The first-order valence-electron chi connectivity index (χ1n) is 14.1. The van der Waals surface area contributed by atoms with E-state index >= 15 is 0 Å². The second kappa shape index (κ2) is 17.3. The molecule has 1 amide bonds. The molecule has 2 aliphatic heterocycles. The lowest BCUT2D eigenvalue weighted by Crippen LogP contribution is -2.60. The molecule has 3 rings (SSSR count). The van der Waals surface area contributed by atoms with E-state index < -0.39 is 0 Å². The van der Waals surface area contributed by atoms with Crippen molar-refractivity contribution in [2.75, 3.05) is 33.2 Å². The Morgan fingerprint density at radius 1 is 1.16 bits per heavy atom. The fourth-order valence-electron chi connectivity index (χ4n) is 4.98. The lowest BCUT2D eigenvalue weighted by molar-refractivity contribution is -0.116. The van der Waals surface area contributed by atoms with E-state index in [1.807, 2.05) is 33.0 Å². The third kappa shape index (κ3) is 10.2. The Kier molecular flexibility index (Phi) is 15.4. The Morgan fingerprint density at radius 2 is 1.81 bits per heavy atom. The van der Waals surface area contributed by atoms with E-state index in [4.69, 9.17) is 11.5 Å². The summed E-state index contributed by atoms with van der Waals surface area (Å²) in [5, 5.41) is 6.09. The number of amides is 1. The van der Waals surface area contributed by atoms with Crippen LogP contribution in [-0.2, 0) is 4.79 Å². The second-order valence-corrected chi connectivity index (χ2v) is 9.94. The number of carbonyl (C=O) groups excluding carboxylic acids is 1. The van der Waals surface area contributed by atoms with Crippen LogP contribution in [0.25, 0.3) is 0 Å². The molecule has 7 heteroatoms. The van der Waals surface area contributed by atoms with Crippen LogP contribution >= 0.6 is 0 Å². The normalized spacial score (nSPS) is 21.6. The van der Waals surface area contributed by atoms with E-state index in [1.165, 1.54) is 29.5 Å². The number of aryl methyl sites for hydroxylation is 1. The maximum Gasteiger partial charge on any atom is 0.252 e. The smallest absolute Gasteiger partial charge is 0.252 e. The summed E-state index contributed by atoms with van der Waals surface area (Å²) in [4.78, 5) is 16.9. The van der Waals surface area contributed by atoms with Crippen LogP contribution in [-0.4, -0.2) is 67.2 Å². The number of hydrogen-bond donors (Lipinski definition) is 4. The molecule has 0 bridgehead atoms. The number of carbonyl (C=O) groups is 1. The molecule has 0 saturated carbocycles. The van der Waals surface area contributed by atoms with Crippen molar-refractivity contribution < 1.29 is 4.79 Å². The molecular formula is C30H54N6O. The molecule has 0 spiro atoms. The number of piperazine rings is 1. The summed E-state index contributed by atoms with van der Waals surface area (Å²) in [6.45, 7) is 18.6. The molecule has 1 aromatic carbocycles. The first-order valence-corrected chi connectivity index (χ1v) is 14.1. The van der Waals surface area contributed by atoms with E-state index in [0.717, 1.165) is 32.6 Å². The second-order valence-electron chi connectivity index (χ2n) is 9.94. The number of hydrogen-bond acceptors (Lipinski definition) is 6. The number of rotatable bonds is 8. The Labute approximate surface area is 226 Å². The molecule has 4 unspecified atom stereocenters. The Morgan fingerprint density at radius 3 is 2.30 bits per heavy atom. The number of dihydropyridines is 1. The van der Waals surface area contributed by atoms with Crippen LogP contribution in [0.2, 0.25) is 0 Å². The number of nitrogens with one attached hydrogen (secondary N) is 2. The van der Waals surface area contributed by atoms with Gasteiger partial charge in [-0.1, -0.05) is 57.0 Å². The van der Waals surface area contributed by atoms with E-state index in [2.05, 4.69) is 72.4 Å². The van der Waals surface area contributed by atoms with Crippen LogP contribution in [0.4, 0.5) is 0 Å². The van der Waals surface area contributed by atoms with Crippen LogP contribution < -0.4 is 22.1 Å². The number of nitrogens with zero attached hydrogens (tertiary/aromatic N) is 2. The van der Waals surface area contributed by atoms with Gasteiger partial charge in [-0.3, -0.25) is 14.6 Å². The van der Waals surface area contributed by atoms with Gasteiger partial charge in [-0.05, 0) is 64.3 Å². The maximum atomic E-state index is 11.8. The predicted molar refractivity (Wildman–Crippen MR) is 158 cm³/mol. The minimum absolute atomic E-state index is 0.0484. The van der Waals surface area contributed by atoms with Gasteiger partial charge in [-0.25, -0.2) is 0 Å². The number of benzene rings is 1. The molecular weight excluding hydrogens is 460 g/mol. The summed E-state index contributed by atoms with van der Waals surface area (Å²) < 4.78 is 0. The fraction of sp³-hybridized carbons (Fsp3) is 0.633. The van der Waals surface area contributed by atoms with Gasteiger partial charge in [0.25, 0.3) is 5.91 Å². The van der Waals surface area contributed by atoms with Crippen molar-refractivity contribution >= 4 is 5.91 Å². The molecule has 210 valence electrons. The van der Waals surface area contributed by atoms with Gasteiger partial charge in [0.15, 0.2) is 0 Å². The molecule has 1 aromatic rings. The quantitative estimate of drug-likeness (QED) is 0.418. The van der Waals surface area contributed by atoms with E-state index in [-0.39, 0.29) is 18.1 Å². The summed E-state index contributed by atoms with van der Waals surface area (Å²) in [5.74, 6) is -0.0484. The fourth-order valence-corrected chi connectivity index (χ4v) is 4.98. The molecule has 4 atom stereocenters. The minimum Gasteiger partial charge on any atom is -0.371 e. The molecule has 37 heavy (non-hydrogen) atoms. The molecule has 1 fully saturated rings. The first kappa shape index (κ1) is 32.8. The molecule has 6 N–H and O–H groups in total. The van der Waals surface area contributed by atoms with Gasteiger partial charge in [0.1, 0.15) is 6.17 Å². The molecule has 7 nitrogen and oxygen atoms in total. The Balaban J connectivity index is 0.000000475. The van der Waals surface area contributed by atoms with Crippen molar-refractivity contribution in [1.29, 1.82) is 0 Å². The van der Waals surface area contributed by atoms with Crippen LogP contribution in [0, 0.1) is 6.92 Å². The maximum absolute atomic E-state index is 11.8. The summed E-state index contributed by atoms with van der Waals surface area (Å²) >= 11 is 0. The monoisotopic (exact) mass is 514 g/mol. The minimum atomic E-state index is -0.0484. The van der Waals surface area contributed by atoms with Gasteiger partial charge in [-0.15, -0.1) is 0 Å². The SMILES string of the molecule is CC.CCCC(CCN)N1CCN(C2NC=C(C(=O)NC)C=C2C)CC1C.Cc1ccc(C(C)N)cc1. The van der Waals surface area contributed by atoms with Crippen molar-refractivity contribution in [3.8, 4) is 0 Å². The number of likely N-dealkylation sites (N-methyl/N-ethyl adjacent to an activating group) is 1. The third-order valence-electron chi connectivity index (χ3n) is 6.97. The van der Waals surface area contributed by atoms with Gasteiger partial charge < -0.3 is 22.1 Å². The topological polar surface area (TPSA) is 99.6 Å². The standard InChI is InChI=1S/C19H35N5O.C9H13N.C2H6/c1-5-6-17(7-8-20)24-10-9-23(13-15(24)3)18-14(2)11-16(12-22-18)19(25)21-4;1-7-3-5-9(6-4-7)8(2)10;1-2/h11-12,15,17-18,22H,5-10,13,20H2,1-4H3,(H,21,25);3-6,8H,10H2,1-2H3;1-2H3. The van der Waals surface area contributed by atoms with Crippen LogP contribution in [0.5, 0.6) is 0 Å². The molecule has 0 radical (unpaired) electrons. The Bertz CT molecular complexity index is 842. The van der Waals surface area contributed by atoms with Gasteiger partial charge in [-0.2, -0.15) is 0 Å². The third-order valence-corrected chi connectivity index (χ3v) is 6.97. The van der Waals surface area contributed by atoms with E-state index in [1.54, 1.807) is 7.05 Å². The average molecular weight is 515 g/mol. The molecule has 0 aliphatic carbocycles. The molecule has 1 saturated heterocycles. The first-order chi connectivity index (χ1) is 17.7.